The number of anilines is 1. The molecule has 0 aliphatic heterocycles. The molecule has 0 radical (unpaired) electrons. The minimum Gasteiger partial charge on any atom is -0.469 e. The molecular weight excluding hydrogens is 235 g/mol. The highest BCUT2D eigenvalue weighted by molar-refractivity contribution is 5.89. The van der Waals surface area contributed by atoms with Crippen molar-refractivity contribution in [3.8, 4) is 0 Å². The first-order valence-corrected chi connectivity index (χ1v) is 5.57. The number of furan rings is 1. The Hall–Kier alpha value is -2.30. The van der Waals surface area contributed by atoms with Gasteiger partial charge in [-0.15, -0.1) is 0 Å². The summed E-state index contributed by atoms with van der Waals surface area (Å²) in [6.07, 6.45) is 2.17. The number of amides is 2. The minimum absolute atomic E-state index is 0.160. The van der Waals surface area contributed by atoms with E-state index in [1.165, 1.54) is 12.1 Å². The summed E-state index contributed by atoms with van der Waals surface area (Å²) in [5.41, 5.74) is 0.160. The molecule has 1 aromatic heterocycles. The van der Waals surface area contributed by atoms with E-state index >= 15 is 0 Å². The van der Waals surface area contributed by atoms with Crippen LogP contribution in [0.25, 0.3) is 0 Å². The Kier molecular flexibility index (Phi) is 3.96. The number of halogens is 1. The molecule has 4 nitrogen and oxygen atoms in total. The lowest BCUT2D eigenvalue weighted by Gasteiger charge is -2.07. The second-order valence-electron chi connectivity index (χ2n) is 3.69. The Morgan fingerprint density at radius 3 is 2.78 bits per heavy atom. The molecule has 0 saturated heterocycles. The van der Waals surface area contributed by atoms with Gasteiger partial charge in [0.15, 0.2) is 0 Å². The standard InChI is InChI=1S/C13H13FN2O2/c14-11-5-1-2-6-12(11)16-13(17)15-8-7-10-4-3-9-18-10/h1-6,9H,7-8H2,(H2,15,16,17). The van der Waals surface area contributed by atoms with Gasteiger partial charge in [-0.25, -0.2) is 9.18 Å². The van der Waals surface area contributed by atoms with E-state index in [9.17, 15) is 9.18 Å². The molecular formula is C13H13FN2O2. The predicted molar refractivity (Wildman–Crippen MR) is 65.8 cm³/mol. The van der Waals surface area contributed by atoms with Crippen LogP contribution in [0.15, 0.2) is 47.1 Å². The van der Waals surface area contributed by atoms with Crippen LogP contribution in [0, 0.1) is 5.82 Å². The number of carbonyl (C=O) groups excluding carboxylic acids is 1. The molecule has 1 aromatic carbocycles. The molecule has 0 spiro atoms. The van der Waals surface area contributed by atoms with Crippen LogP contribution >= 0.6 is 0 Å². The fourth-order valence-corrected chi connectivity index (χ4v) is 1.48. The molecule has 2 rings (SSSR count). The Labute approximate surface area is 104 Å². The van der Waals surface area contributed by atoms with Crippen molar-refractivity contribution in [3.05, 3.63) is 54.2 Å². The van der Waals surface area contributed by atoms with Crippen molar-refractivity contribution in [2.24, 2.45) is 0 Å². The van der Waals surface area contributed by atoms with Crippen molar-refractivity contribution >= 4 is 11.7 Å². The van der Waals surface area contributed by atoms with Gasteiger partial charge in [0.25, 0.3) is 0 Å². The van der Waals surface area contributed by atoms with Crippen LogP contribution in [0.2, 0.25) is 0 Å². The van der Waals surface area contributed by atoms with Crippen LogP contribution < -0.4 is 10.6 Å². The molecule has 2 amide bonds. The van der Waals surface area contributed by atoms with E-state index in [2.05, 4.69) is 10.6 Å². The number of urea groups is 1. The molecule has 0 aliphatic rings. The molecule has 2 aromatic rings. The van der Waals surface area contributed by atoms with Crippen molar-refractivity contribution in [3.63, 3.8) is 0 Å². The molecule has 0 aliphatic carbocycles. The summed E-state index contributed by atoms with van der Waals surface area (Å²) in [7, 11) is 0. The summed E-state index contributed by atoms with van der Waals surface area (Å²) in [6, 6.07) is 9.19. The third-order valence-electron chi connectivity index (χ3n) is 2.36. The van der Waals surface area contributed by atoms with Gasteiger partial charge in [0.05, 0.1) is 12.0 Å². The van der Waals surface area contributed by atoms with Gasteiger partial charge in [-0.1, -0.05) is 12.1 Å². The average Bonchev–Trinajstić information content (AvgIpc) is 2.85. The number of hydrogen-bond acceptors (Lipinski definition) is 2. The second kappa shape index (κ2) is 5.86. The molecule has 18 heavy (non-hydrogen) atoms. The molecule has 1 heterocycles. The first-order chi connectivity index (χ1) is 8.75. The zero-order valence-corrected chi connectivity index (χ0v) is 9.65. The van der Waals surface area contributed by atoms with Gasteiger partial charge in [0, 0.05) is 13.0 Å². The van der Waals surface area contributed by atoms with Crippen molar-refractivity contribution in [1.29, 1.82) is 0 Å². The summed E-state index contributed by atoms with van der Waals surface area (Å²) >= 11 is 0. The minimum atomic E-state index is -0.460. The highest BCUT2D eigenvalue weighted by Gasteiger charge is 2.05. The molecule has 5 heteroatoms. The lowest BCUT2D eigenvalue weighted by molar-refractivity contribution is 0.252. The van der Waals surface area contributed by atoms with E-state index in [0.29, 0.717) is 13.0 Å². The smallest absolute Gasteiger partial charge is 0.319 e. The Bertz CT molecular complexity index is 511. The first-order valence-electron chi connectivity index (χ1n) is 5.57. The second-order valence-corrected chi connectivity index (χ2v) is 3.69. The summed E-state index contributed by atoms with van der Waals surface area (Å²) in [4.78, 5) is 11.5. The largest absolute Gasteiger partial charge is 0.469 e. The SMILES string of the molecule is O=C(NCCc1ccco1)Nc1ccccc1F. The molecule has 0 fully saturated rings. The third-order valence-corrected chi connectivity index (χ3v) is 2.36. The quantitative estimate of drug-likeness (QED) is 0.874. The van der Waals surface area contributed by atoms with Crippen LogP contribution in [0.4, 0.5) is 14.9 Å². The van der Waals surface area contributed by atoms with Crippen molar-refractivity contribution in [2.75, 3.05) is 11.9 Å². The Morgan fingerprint density at radius 1 is 1.22 bits per heavy atom. The van der Waals surface area contributed by atoms with Crippen LogP contribution in [0.5, 0.6) is 0 Å². The lowest BCUT2D eigenvalue weighted by Crippen LogP contribution is -2.30. The van der Waals surface area contributed by atoms with Crippen LogP contribution in [-0.2, 0) is 6.42 Å². The van der Waals surface area contributed by atoms with Crippen LogP contribution in [0.3, 0.4) is 0 Å². The molecule has 94 valence electrons. The van der Waals surface area contributed by atoms with Crippen molar-refractivity contribution < 1.29 is 13.6 Å². The molecule has 2 N–H and O–H groups in total. The van der Waals surface area contributed by atoms with Crippen molar-refractivity contribution in [1.82, 2.24) is 5.32 Å². The fraction of sp³-hybridized carbons (Fsp3) is 0.154. The highest BCUT2D eigenvalue weighted by Crippen LogP contribution is 2.11. The molecule has 0 unspecified atom stereocenters. The maximum atomic E-state index is 13.2. The topological polar surface area (TPSA) is 54.3 Å². The third kappa shape index (κ3) is 3.35. The van der Waals surface area contributed by atoms with Gasteiger partial charge < -0.3 is 15.1 Å². The number of para-hydroxylation sites is 1. The summed E-state index contributed by atoms with van der Waals surface area (Å²) in [5.74, 6) is 0.333. The van der Waals surface area contributed by atoms with Gasteiger partial charge in [-0.3, -0.25) is 0 Å². The van der Waals surface area contributed by atoms with E-state index in [-0.39, 0.29) is 5.69 Å². The maximum absolute atomic E-state index is 13.2. The number of hydrogen-bond donors (Lipinski definition) is 2. The zero-order valence-electron chi connectivity index (χ0n) is 9.65. The number of carbonyl (C=O) groups is 1. The van der Waals surface area contributed by atoms with Gasteiger partial charge in [0.2, 0.25) is 0 Å². The number of rotatable bonds is 4. The monoisotopic (exact) mass is 248 g/mol. The van der Waals surface area contributed by atoms with Gasteiger partial charge in [-0.2, -0.15) is 0 Å². The van der Waals surface area contributed by atoms with E-state index in [1.807, 2.05) is 6.07 Å². The molecule has 0 atom stereocenters. The number of benzene rings is 1. The van der Waals surface area contributed by atoms with Gasteiger partial charge in [-0.05, 0) is 24.3 Å². The fourth-order valence-electron chi connectivity index (χ4n) is 1.48. The first kappa shape index (κ1) is 12.2. The summed E-state index contributed by atoms with van der Waals surface area (Å²) in [6.45, 7) is 0.424. The van der Waals surface area contributed by atoms with E-state index in [0.717, 1.165) is 5.76 Å². The van der Waals surface area contributed by atoms with Crippen LogP contribution in [0.1, 0.15) is 5.76 Å². The molecule has 0 saturated carbocycles. The van der Waals surface area contributed by atoms with E-state index in [4.69, 9.17) is 4.42 Å². The number of nitrogens with one attached hydrogen (secondary N) is 2. The van der Waals surface area contributed by atoms with E-state index in [1.54, 1.807) is 24.5 Å². The average molecular weight is 248 g/mol. The predicted octanol–water partition coefficient (Wildman–Crippen LogP) is 2.78. The Balaban J connectivity index is 1.77. The molecule has 0 bridgehead atoms. The van der Waals surface area contributed by atoms with E-state index < -0.39 is 11.8 Å². The summed E-state index contributed by atoms with van der Waals surface area (Å²) in [5, 5.41) is 5.05. The van der Waals surface area contributed by atoms with Crippen molar-refractivity contribution in [2.45, 2.75) is 6.42 Å². The summed E-state index contributed by atoms with van der Waals surface area (Å²) < 4.78 is 18.4. The normalized spacial score (nSPS) is 10.1. The highest BCUT2D eigenvalue weighted by atomic mass is 19.1. The van der Waals surface area contributed by atoms with Gasteiger partial charge in [0.1, 0.15) is 11.6 Å². The Morgan fingerprint density at radius 2 is 2.06 bits per heavy atom. The lowest BCUT2D eigenvalue weighted by atomic mass is 10.3. The van der Waals surface area contributed by atoms with Gasteiger partial charge >= 0.3 is 6.03 Å². The zero-order chi connectivity index (χ0) is 12.8. The maximum Gasteiger partial charge on any atom is 0.319 e. The van der Waals surface area contributed by atoms with Crippen LogP contribution in [-0.4, -0.2) is 12.6 Å².